The average Bonchev–Trinajstić information content (AvgIpc) is 2.41. The molecule has 0 bridgehead atoms. The molecule has 19 heavy (non-hydrogen) atoms. The van der Waals surface area contributed by atoms with E-state index in [1.54, 1.807) is 0 Å². The molecular formula is C15H26N2O2. The SMILES string of the molecule is CCOCCOc1cc(CNC(C)C)cc(CC)n1. The van der Waals surface area contributed by atoms with Crippen LogP contribution in [0.5, 0.6) is 5.88 Å². The van der Waals surface area contributed by atoms with Crippen molar-refractivity contribution in [3.63, 3.8) is 0 Å². The zero-order valence-electron chi connectivity index (χ0n) is 12.5. The van der Waals surface area contributed by atoms with E-state index >= 15 is 0 Å². The molecule has 0 unspecified atom stereocenters. The van der Waals surface area contributed by atoms with Gasteiger partial charge in [0.2, 0.25) is 5.88 Å². The fraction of sp³-hybridized carbons (Fsp3) is 0.667. The molecule has 1 rings (SSSR count). The van der Waals surface area contributed by atoms with Gasteiger partial charge in [-0.3, -0.25) is 0 Å². The molecule has 0 atom stereocenters. The molecule has 4 nitrogen and oxygen atoms in total. The summed E-state index contributed by atoms with van der Waals surface area (Å²) >= 11 is 0. The first-order valence-corrected chi connectivity index (χ1v) is 7.09. The lowest BCUT2D eigenvalue weighted by Gasteiger charge is -2.12. The van der Waals surface area contributed by atoms with Crippen molar-refractivity contribution in [2.24, 2.45) is 0 Å². The molecule has 0 fully saturated rings. The number of pyridine rings is 1. The average molecular weight is 266 g/mol. The van der Waals surface area contributed by atoms with Gasteiger partial charge in [-0.05, 0) is 25.0 Å². The number of nitrogens with zero attached hydrogens (tertiary/aromatic N) is 1. The summed E-state index contributed by atoms with van der Waals surface area (Å²) in [5, 5.41) is 3.41. The van der Waals surface area contributed by atoms with E-state index in [1.165, 1.54) is 5.56 Å². The van der Waals surface area contributed by atoms with Crippen LogP contribution in [0.25, 0.3) is 0 Å². The van der Waals surface area contributed by atoms with E-state index in [0.717, 1.165) is 25.3 Å². The number of rotatable bonds is 9. The van der Waals surface area contributed by atoms with Gasteiger partial charge in [0.25, 0.3) is 0 Å². The summed E-state index contributed by atoms with van der Waals surface area (Å²) in [6.07, 6.45) is 0.914. The zero-order chi connectivity index (χ0) is 14.1. The molecule has 0 saturated carbocycles. The largest absolute Gasteiger partial charge is 0.475 e. The Labute approximate surface area is 116 Å². The number of hydrogen-bond donors (Lipinski definition) is 1. The molecule has 1 aromatic rings. The molecule has 0 radical (unpaired) electrons. The van der Waals surface area contributed by atoms with E-state index in [9.17, 15) is 0 Å². The van der Waals surface area contributed by atoms with Crippen LogP contribution in [-0.4, -0.2) is 30.8 Å². The maximum Gasteiger partial charge on any atom is 0.213 e. The summed E-state index contributed by atoms with van der Waals surface area (Å²) in [7, 11) is 0. The first-order valence-electron chi connectivity index (χ1n) is 7.09. The quantitative estimate of drug-likeness (QED) is 0.698. The van der Waals surface area contributed by atoms with Crippen molar-refractivity contribution < 1.29 is 9.47 Å². The second kappa shape index (κ2) is 8.88. The Balaban J connectivity index is 2.60. The van der Waals surface area contributed by atoms with Crippen molar-refractivity contribution in [3.8, 4) is 5.88 Å². The molecule has 1 aromatic heterocycles. The third kappa shape index (κ3) is 6.55. The van der Waals surface area contributed by atoms with Gasteiger partial charge in [-0.15, -0.1) is 0 Å². The summed E-state index contributed by atoms with van der Waals surface area (Å²) in [5.41, 5.74) is 2.28. The molecule has 0 aromatic carbocycles. The van der Waals surface area contributed by atoms with Crippen molar-refractivity contribution in [1.82, 2.24) is 10.3 Å². The summed E-state index contributed by atoms with van der Waals surface area (Å²) in [6.45, 7) is 11.1. The van der Waals surface area contributed by atoms with Crippen LogP contribution < -0.4 is 10.1 Å². The van der Waals surface area contributed by atoms with Gasteiger partial charge >= 0.3 is 0 Å². The lowest BCUT2D eigenvalue weighted by molar-refractivity contribution is 0.108. The Morgan fingerprint density at radius 1 is 1.21 bits per heavy atom. The van der Waals surface area contributed by atoms with Crippen LogP contribution in [0.2, 0.25) is 0 Å². The van der Waals surface area contributed by atoms with Crippen LogP contribution in [0.15, 0.2) is 12.1 Å². The molecule has 0 aliphatic rings. The number of ether oxygens (including phenoxy) is 2. The lowest BCUT2D eigenvalue weighted by Crippen LogP contribution is -2.22. The molecule has 0 aliphatic heterocycles. The van der Waals surface area contributed by atoms with Gasteiger partial charge in [0.15, 0.2) is 0 Å². The predicted molar refractivity (Wildman–Crippen MR) is 77.6 cm³/mol. The van der Waals surface area contributed by atoms with Crippen LogP contribution in [0.4, 0.5) is 0 Å². The highest BCUT2D eigenvalue weighted by Gasteiger charge is 2.04. The first kappa shape index (κ1) is 15.9. The van der Waals surface area contributed by atoms with Crippen molar-refractivity contribution in [2.75, 3.05) is 19.8 Å². The Kier molecular flexibility index (Phi) is 7.45. The first-order chi connectivity index (χ1) is 9.15. The summed E-state index contributed by atoms with van der Waals surface area (Å²) < 4.78 is 10.9. The van der Waals surface area contributed by atoms with E-state index in [4.69, 9.17) is 9.47 Å². The van der Waals surface area contributed by atoms with Gasteiger partial charge < -0.3 is 14.8 Å². The van der Waals surface area contributed by atoms with Crippen LogP contribution in [0, 0.1) is 0 Å². The fourth-order valence-corrected chi connectivity index (χ4v) is 1.65. The van der Waals surface area contributed by atoms with E-state index in [-0.39, 0.29) is 0 Å². The van der Waals surface area contributed by atoms with E-state index in [2.05, 4.69) is 37.1 Å². The highest BCUT2D eigenvalue weighted by molar-refractivity contribution is 5.25. The third-order valence-corrected chi connectivity index (χ3v) is 2.67. The maximum atomic E-state index is 5.63. The fourth-order valence-electron chi connectivity index (χ4n) is 1.65. The van der Waals surface area contributed by atoms with Crippen LogP contribution in [0.1, 0.15) is 39.0 Å². The van der Waals surface area contributed by atoms with Gasteiger partial charge in [-0.2, -0.15) is 0 Å². The minimum Gasteiger partial charge on any atom is -0.475 e. The second-order valence-electron chi connectivity index (χ2n) is 4.74. The van der Waals surface area contributed by atoms with Crippen molar-refractivity contribution in [2.45, 2.75) is 46.7 Å². The number of aryl methyl sites for hydroxylation is 1. The Morgan fingerprint density at radius 3 is 2.63 bits per heavy atom. The van der Waals surface area contributed by atoms with E-state index < -0.39 is 0 Å². The van der Waals surface area contributed by atoms with E-state index in [1.807, 2.05) is 13.0 Å². The monoisotopic (exact) mass is 266 g/mol. The molecule has 0 spiro atoms. The molecule has 1 heterocycles. The van der Waals surface area contributed by atoms with Crippen molar-refractivity contribution in [1.29, 1.82) is 0 Å². The zero-order valence-corrected chi connectivity index (χ0v) is 12.5. The van der Waals surface area contributed by atoms with Gasteiger partial charge in [0, 0.05) is 31.0 Å². The molecule has 0 amide bonds. The maximum absolute atomic E-state index is 5.63. The topological polar surface area (TPSA) is 43.4 Å². The smallest absolute Gasteiger partial charge is 0.213 e. The molecule has 4 heteroatoms. The van der Waals surface area contributed by atoms with Crippen LogP contribution in [-0.2, 0) is 17.7 Å². The van der Waals surface area contributed by atoms with Gasteiger partial charge in [-0.1, -0.05) is 20.8 Å². The van der Waals surface area contributed by atoms with Crippen molar-refractivity contribution in [3.05, 3.63) is 23.4 Å². The minimum absolute atomic E-state index is 0.473. The van der Waals surface area contributed by atoms with Crippen LogP contribution in [0.3, 0.4) is 0 Å². The molecule has 1 N–H and O–H groups in total. The van der Waals surface area contributed by atoms with E-state index in [0.29, 0.717) is 25.1 Å². The minimum atomic E-state index is 0.473. The summed E-state index contributed by atoms with van der Waals surface area (Å²) in [4.78, 5) is 4.47. The van der Waals surface area contributed by atoms with Crippen LogP contribution >= 0.6 is 0 Å². The lowest BCUT2D eigenvalue weighted by atomic mass is 10.2. The number of aromatic nitrogens is 1. The predicted octanol–water partition coefficient (Wildman–Crippen LogP) is 2.56. The normalized spacial score (nSPS) is 11.0. The van der Waals surface area contributed by atoms with Gasteiger partial charge in [0.1, 0.15) is 6.61 Å². The highest BCUT2D eigenvalue weighted by atomic mass is 16.5. The van der Waals surface area contributed by atoms with Crippen molar-refractivity contribution >= 4 is 0 Å². The number of nitrogens with one attached hydrogen (secondary N) is 1. The summed E-state index contributed by atoms with van der Waals surface area (Å²) in [6, 6.07) is 4.60. The molecule has 0 aliphatic carbocycles. The molecular weight excluding hydrogens is 240 g/mol. The Hall–Kier alpha value is -1.13. The highest BCUT2D eigenvalue weighted by Crippen LogP contribution is 2.13. The molecule has 0 saturated heterocycles. The summed E-state index contributed by atoms with van der Waals surface area (Å²) in [5.74, 6) is 0.694. The van der Waals surface area contributed by atoms with Gasteiger partial charge in [-0.25, -0.2) is 4.98 Å². The van der Waals surface area contributed by atoms with Gasteiger partial charge in [0.05, 0.1) is 6.61 Å². The molecule has 108 valence electrons. The Morgan fingerprint density at radius 2 is 2.00 bits per heavy atom. The standard InChI is InChI=1S/C15H26N2O2/c1-5-14-9-13(11-16-12(3)4)10-15(17-14)19-8-7-18-6-2/h9-10,12,16H,5-8,11H2,1-4H3. The second-order valence-corrected chi connectivity index (χ2v) is 4.74. The third-order valence-electron chi connectivity index (χ3n) is 2.67. The Bertz CT molecular complexity index is 367. The number of hydrogen-bond acceptors (Lipinski definition) is 4.